The first-order chi connectivity index (χ1) is 7.25. The maximum Gasteiger partial charge on any atom is 0.143 e. The van der Waals surface area contributed by atoms with Gasteiger partial charge in [-0.25, -0.2) is 0 Å². The van der Waals surface area contributed by atoms with Crippen molar-refractivity contribution in [3.63, 3.8) is 0 Å². The number of nitrogens with zero attached hydrogens (tertiary/aromatic N) is 2. The Morgan fingerprint density at radius 1 is 1.07 bits per heavy atom. The Morgan fingerprint density at radius 2 is 1.67 bits per heavy atom. The van der Waals surface area contributed by atoms with Crippen LogP contribution in [0.25, 0.3) is 0 Å². The van der Waals surface area contributed by atoms with Crippen molar-refractivity contribution in [1.29, 1.82) is 0 Å². The molecule has 0 bridgehead atoms. The Hall–Kier alpha value is -1.44. The van der Waals surface area contributed by atoms with Gasteiger partial charge in [0.1, 0.15) is 6.17 Å². The summed E-state index contributed by atoms with van der Waals surface area (Å²) in [6, 6.07) is 8.75. The zero-order chi connectivity index (χ0) is 10.7. The highest BCUT2D eigenvalue weighted by Gasteiger charge is 2.07. The lowest BCUT2D eigenvalue weighted by Crippen LogP contribution is -2.02. The maximum absolute atomic E-state index is 4.24. The van der Waals surface area contributed by atoms with E-state index in [-0.39, 0.29) is 6.17 Å². The quantitative estimate of drug-likeness (QED) is 0.716. The lowest BCUT2D eigenvalue weighted by Gasteiger charge is -2.08. The van der Waals surface area contributed by atoms with E-state index in [4.69, 9.17) is 0 Å². The third kappa shape index (κ3) is 2.52. The van der Waals surface area contributed by atoms with Crippen molar-refractivity contribution in [1.82, 2.24) is 0 Å². The van der Waals surface area contributed by atoms with Gasteiger partial charge in [0.15, 0.2) is 0 Å². The first kappa shape index (κ1) is 10.1. The summed E-state index contributed by atoms with van der Waals surface area (Å²) in [5, 5.41) is 0. The third-order valence-electron chi connectivity index (χ3n) is 2.65. The van der Waals surface area contributed by atoms with E-state index in [0.29, 0.717) is 5.92 Å². The molecule has 0 N–H and O–H groups in total. The predicted molar refractivity (Wildman–Crippen MR) is 65.0 cm³/mol. The number of benzene rings is 1. The van der Waals surface area contributed by atoms with E-state index in [1.807, 2.05) is 0 Å². The summed E-state index contributed by atoms with van der Waals surface area (Å²) in [6.45, 7) is 4.42. The van der Waals surface area contributed by atoms with E-state index >= 15 is 0 Å². The summed E-state index contributed by atoms with van der Waals surface area (Å²) in [7, 11) is 0. The lowest BCUT2D eigenvalue weighted by atomic mass is 10.0. The zero-order valence-corrected chi connectivity index (χ0v) is 9.22. The van der Waals surface area contributed by atoms with Gasteiger partial charge in [-0.15, -0.1) is 0 Å². The molecular formula is C13H16N2. The molecule has 0 aliphatic carbocycles. The smallest absolute Gasteiger partial charge is 0.143 e. The fraction of sp³-hybridized carbons (Fsp3) is 0.385. The second-order valence-corrected chi connectivity index (χ2v) is 4.18. The molecule has 1 aliphatic rings. The van der Waals surface area contributed by atoms with Gasteiger partial charge in [-0.1, -0.05) is 38.1 Å². The molecule has 0 saturated carbocycles. The topological polar surface area (TPSA) is 24.7 Å². The second kappa shape index (κ2) is 4.39. The van der Waals surface area contributed by atoms with Gasteiger partial charge in [-0.2, -0.15) is 0 Å². The molecule has 15 heavy (non-hydrogen) atoms. The van der Waals surface area contributed by atoms with Crippen LogP contribution < -0.4 is 0 Å². The van der Waals surface area contributed by atoms with Crippen molar-refractivity contribution < 1.29 is 0 Å². The van der Waals surface area contributed by atoms with Crippen LogP contribution >= 0.6 is 0 Å². The highest BCUT2D eigenvalue weighted by molar-refractivity contribution is 6.17. The molecule has 1 heterocycles. The molecule has 2 nitrogen and oxygen atoms in total. The number of rotatable bonds is 3. The lowest BCUT2D eigenvalue weighted by molar-refractivity contribution is 0.725. The van der Waals surface area contributed by atoms with Gasteiger partial charge in [-0.3, -0.25) is 9.98 Å². The van der Waals surface area contributed by atoms with Crippen LogP contribution in [0.15, 0.2) is 34.3 Å². The summed E-state index contributed by atoms with van der Waals surface area (Å²) in [5.41, 5.74) is 2.69. The molecule has 0 saturated heterocycles. The van der Waals surface area contributed by atoms with E-state index in [1.54, 1.807) is 12.4 Å². The predicted octanol–water partition coefficient (Wildman–Crippen LogP) is 2.83. The van der Waals surface area contributed by atoms with E-state index < -0.39 is 0 Å². The van der Waals surface area contributed by atoms with E-state index in [0.717, 1.165) is 6.42 Å². The van der Waals surface area contributed by atoms with Crippen LogP contribution in [-0.2, 0) is 6.42 Å². The molecule has 1 aromatic rings. The van der Waals surface area contributed by atoms with Gasteiger partial charge in [0.2, 0.25) is 0 Å². The van der Waals surface area contributed by atoms with Crippen LogP contribution in [0.5, 0.6) is 0 Å². The van der Waals surface area contributed by atoms with Crippen LogP contribution in [0.4, 0.5) is 0 Å². The van der Waals surface area contributed by atoms with E-state index in [1.165, 1.54) is 11.1 Å². The Balaban J connectivity index is 2.03. The molecule has 0 radical (unpaired) electrons. The third-order valence-corrected chi connectivity index (χ3v) is 2.65. The SMILES string of the molecule is CC(C)c1ccc(CC2N=CC=N2)cc1. The van der Waals surface area contributed by atoms with Crippen molar-refractivity contribution in [3.05, 3.63) is 35.4 Å². The molecule has 0 aromatic heterocycles. The average Bonchev–Trinajstić information content (AvgIpc) is 2.71. The minimum Gasteiger partial charge on any atom is -0.265 e. The fourth-order valence-corrected chi connectivity index (χ4v) is 1.67. The van der Waals surface area contributed by atoms with Crippen molar-refractivity contribution >= 4 is 12.4 Å². The number of hydrogen-bond donors (Lipinski definition) is 0. The van der Waals surface area contributed by atoms with E-state index in [9.17, 15) is 0 Å². The molecule has 0 spiro atoms. The van der Waals surface area contributed by atoms with Gasteiger partial charge >= 0.3 is 0 Å². The van der Waals surface area contributed by atoms with E-state index in [2.05, 4.69) is 48.1 Å². The average molecular weight is 200 g/mol. The Morgan fingerprint density at radius 3 is 2.20 bits per heavy atom. The van der Waals surface area contributed by atoms with Crippen LogP contribution in [0, 0.1) is 0 Å². The molecular weight excluding hydrogens is 184 g/mol. The Kier molecular flexibility index (Phi) is 2.95. The van der Waals surface area contributed by atoms with Crippen LogP contribution in [0.3, 0.4) is 0 Å². The normalized spacial score (nSPS) is 15.4. The maximum atomic E-state index is 4.24. The largest absolute Gasteiger partial charge is 0.265 e. The standard InChI is InChI=1S/C13H16N2/c1-10(2)12-5-3-11(4-6-12)9-13-14-7-8-15-13/h3-8,10,13H,9H2,1-2H3. The molecule has 2 rings (SSSR count). The number of aliphatic imine (C=N–C) groups is 2. The molecule has 0 unspecified atom stereocenters. The molecule has 0 fully saturated rings. The summed E-state index contributed by atoms with van der Waals surface area (Å²) in [4.78, 5) is 8.48. The van der Waals surface area contributed by atoms with Crippen molar-refractivity contribution in [2.24, 2.45) is 9.98 Å². The first-order valence-corrected chi connectivity index (χ1v) is 5.39. The molecule has 78 valence electrons. The van der Waals surface area contributed by atoms with Gasteiger partial charge in [-0.05, 0) is 17.0 Å². The van der Waals surface area contributed by atoms with Crippen LogP contribution in [0.1, 0.15) is 30.9 Å². The van der Waals surface area contributed by atoms with Crippen LogP contribution in [0.2, 0.25) is 0 Å². The summed E-state index contributed by atoms with van der Waals surface area (Å²) in [6.07, 6.45) is 4.56. The molecule has 0 atom stereocenters. The molecule has 1 aromatic carbocycles. The monoisotopic (exact) mass is 200 g/mol. The number of hydrogen-bond acceptors (Lipinski definition) is 2. The van der Waals surface area contributed by atoms with Crippen molar-refractivity contribution in [3.8, 4) is 0 Å². The van der Waals surface area contributed by atoms with Crippen molar-refractivity contribution in [2.45, 2.75) is 32.4 Å². The Labute approximate surface area is 90.8 Å². The van der Waals surface area contributed by atoms with Gasteiger partial charge < -0.3 is 0 Å². The minimum absolute atomic E-state index is 0.106. The zero-order valence-electron chi connectivity index (χ0n) is 9.22. The molecule has 2 heteroatoms. The van der Waals surface area contributed by atoms with Crippen molar-refractivity contribution in [2.75, 3.05) is 0 Å². The Bertz CT molecular complexity index is 362. The van der Waals surface area contributed by atoms with Crippen LogP contribution in [-0.4, -0.2) is 18.6 Å². The minimum atomic E-state index is 0.106. The summed E-state index contributed by atoms with van der Waals surface area (Å²) >= 11 is 0. The first-order valence-electron chi connectivity index (χ1n) is 5.39. The highest BCUT2D eigenvalue weighted by Crippen LogP contribution is 2.16. The van der Waals surface area contributed by atoms with Gasteiger partial charge in [0.05, 0.1) is 0 Å². The second-order valence-electron chi connectivity index (χ2n) is 4.18. The summed E-state index contributed by atoms with van der Waals surface area (Å²) in [5.74, 6) is 0.599. The van der Waals surface area contributed by atoms with Gasteiger partial charge in [0.25, 0.3) is 0 Å². The molecule has 0 amide bonds. The molecule has 1 aliphatic heterocycles. The van der Waals surface area contributed by atoms with Gasteiger partial charge in [0, 0.05) is 18.9 Å². The highest BCUT2D eigenvalue weighted by atomic mass is 15.0. The summed E-state index contributed by atoms with van der Waals surface area (Å²) < 4.78 is 0. The fourth-order valence-electron chi connectivity index (χ4n) is 1.67.